The molecule has 0 atom stereocenters. The Labute approximate surface area is 99.0 Å². The van der Waals surface area contributed by atoms with Crippen molar-refractivity contribution in [2.24, 2.45) is 0 Å². The third kappa shape index (κ3) is 3.14. The smallest absolute Gasteiger partial charge is 0.339 e. The van der Waals surface area contributed by atoms with Crippen LogP contribution in [0.3, 0.4) is 0 Å². The van der Waals surface area contributed by atoms with Gasteiger partial charge in [0.15, 0.2) is 0 Å². The lowest BCUT2D eigenvalue weighted by atomic mass is 10.2. The molecular formula is C11H13ClO2S. The summed E-state index contributed by atoms with van der Waals surface area (Å²) in [4.78, 5) is 12.4. The van der Waals surface area contributed by atoms with Gasteiger partial charge in [-0.05, 0) is 24.8 Å². The van der Waals surface area contributed by atoms with E-state index >= 15 is 0 Å². The molecule has 0 bridgehead atoms. The van der Waals surface area contributed by atoms with Gasteiger partial charge in [0.25, 0.3) is 0 Å². The highest BCUT2D eigenvalue weighted by molar-refractivity contribution is 7.99. The first-order valence-electron chi connectivity index (χ1n) is 4.79. The van der Waals surface area contributed by atoms with Gasteiger partial charge in [-0.3, -0.25) is 0 Å². The first kappa shape index (κ1) is 12.4. The van der Waals surface area contributed by atoms with Crippen molar-refractivity contribution >= 4 is 29.3 Å². The van der Waals surface area contributed by atoms with Gasteiger partial charge >= 0.3 is 5.97 Å². The summed E-state index contributed by atoms with van der Waals surface area (Å²) in [5.41, 5.74) is 0.442. The zero-order chi connectivity index (χ0) is 11.3. The summed E-state index contributed by atoms with van der Waals surface area (Å²) in [6, 6.07) is 5.40. The van der Waals surface area contributed by atoms with Crippen molar-refractivity contribution in [1.29, 1.82) is 0 Å². The van der Waals surface area contributed by atoms with Crippen LogP contribution in [0.2, 0.25) is 5.02 Å². The van der Waals surface area contributed by atoms with E-state index in [2.05, 4.69) is 0 Å². The molecule has 0 heterocycles. The molecule has 0 amide bonds. The fraction of sp³-hybridized carbons (Fsp3) is 0.364. The quantitative estimate of drug-likeness (QED) is 0.598. The molecule has 0 fully saturated rings. The maximum atomic E-state index is 11.5. The summed E-state index contributed by atoms with van der Waals surface area (Å²) in [6.07, 6.45) is 0. The maximum Gasteiger partial charge on any atom is 0.339 e. The summed E-state index contributed by atoms with van der Waals surface area (Å²) < 4.78 is 4.91. The molecule has 0 aliphatic carbocycles. The number of benzene rings is 1. The van der Waals surface area contributed by atoms with E-state index in [4.69, 9.17) is 16.3 Å². The topological polar surface area (TPSA) is 26.3 Å². The molecular weight excluding hydrogens is 232 g/mol. The number of carbonyl (C=O) groups is 1. The Hall–Kier alpha value is -0.670. The Morgan fingerprint density at radius 3 is 2.80 bits per heavy atom. The molecule has 0 saturated carbocycles. The highest BCUT2D eigenvalue weighted by Gasteiger charge is 2.13. The zero-order valence-corrected chi connectivity index (χ0v) is 10.3. The van der Waals surface area contributed by atoms with Crippen LogP contribution in [0.25, 0.3) is 0 Å². The van der Waals surface area contributed by atoms with E-state index < -0.39 is 0 Å². The molecule has 1 aromatic carbocycles. The van der Waals surface area contributed by atoms with Gasteiger partial charge in [0, 0.05) is 4.90 Å². The Morgan fingerprint density at radius 1 is 1.47 bits per heavy atom. The standard InChI is InChI=1S/C11H13ClO2S/c1-3-14-11(13)8-6-5-7-9(10(8)12)15-4-2/h5-7H,3-4H2,1-2H3. The molecule has 0 radical (unpaired) electrons. The van der Waals surface area contributed by atoms with Crippen molar-refractivity contribution in [3.05, 3.63) is 28.8 Å². The molecule has 0 unspecified atom stereocenters. The van der Waals surface area contributed by atoms with Crippen LogP contribution < -0.4 is 0 Å². The molecule has 0 N–H and O–H groups in total. The average molecular weight is 245 g/mol. The van der Waals surface area contributed by atoms with Crippen molar-refractivity contribution in [2.75, 3.05) is 12.4 Å². The van der Waals surface area contributed by atoms with Crippen molar-refractivity contribution in [2.45, 2.75) is 18.7 Å². The van der Waals surface area contributed by atoms with E-state index in [0.717, 1.165) is 10.6 Å². The van der Waals surface area contributed by atoms with Crippen molar-refractivity contribution in [3.63, 3.8) is 0 Å². The molecule has 15 heavy (non-hydrogen) atoms. The monoisotopic (exact) mass is 244 g/mol. The van der Waals surface area contributed by atoms with Gasteiger partial charge in [-0.1, -0.05) is 24.6 Å². The lowest BCUT2D eigenvalue weighted by molar-refractivity contribution is 0.0526. The SMILES string of the molecule is CCOC(=O)c1cccc(SCC)c1Cl. The van der Waals surface area contributed by atoms with Gasteiger partial charge in [0.1, 0.15) is 0 Å². The number of thioether (sulfide) groups is 1. The minimum Gasteiger partial charge on any atom is -0.462 e. The van der Waals surface area contributed by atoms with E-state index in [1.54, 1.807) is 24.8 Å². The average Bonchev–Trinajstić information content (AvgIpc) is 2.22. The van der Waals surface area contributed by atoms with Crippen LogP contribution >= 0.6 is 23.4 Å². The van der Waals surface area contributed by atoms with Crippen molar-refractivity contribution < 1.29 is 9.53 Å². The van der Waals surface area contributed by atoms with E-state index in [1.807, 2.05) is 19.1 Å². The van der Waals surface area contributed by atoms with Crippen LogP contribution in [-0.2, 0) is 4.74 Å². The molecule has 0 aliphatic heterocycles. The van der Waals surface area contributed by atoms with Crippen LogP contribution in [0.15, 0.2) is 23.1 Å². The molecule has 0 saturated heterocycles. The van der Waals surface area contributed by atoms with Gasteiger partial charge in [-0.15, -0.1) is 11.8 Å². The molecule has 0 spiro atoms. The van der Waals surface area contributed by atoms with Crippen LogP contribution in [0.5, 0.6) is 0 Å². The van der Waals surface area contributed by atoms with Crippen LogP contribution in [-0.4, -0.2) is 18.3 Å². The number of carbonyl (C=O) groups excluding carboxylic acids is 1. The van der Waals surface area contributed by atoms with E-state index in [0.29, 0.717) is 17.2 Å². The summed E-state index contributed by atoms with van der Waals surface area (Å²) in [6.45, 7) is 4.18. The number of rotatable bonds is 4. The maximum absolute atomic E-state index is 11.5. The number of halogens is 1. The second kappa shape index (κ2) is 6.03. The Kier molecular flexibility index (Phi) is 4.99. The fourth-order valence-corrected chi connectivity index (χ4v) is 2.23. The van der Waals surface area contributed by atoms with Crippen LogP contribution in [0.1, 0.15) is 24.2 Å². The predicted molar refractivity (Wildman–Crippen MR) is 63.8 cm³/mol. The van der Waals surface area contributed by atoms with Crippen LogP contribution in [0.4, 0.5) is 0 Å². The lowest BCUT2D eigenvalue weighted by Crippen LogP contribution is -2.05. The fourth-order valence-electron chi connectivity index (χ4n) is 1.14. The van der Waals surface area contributed by atoms with Gasteiger partial charge in [-0.2, -0.15) is 0 Å². The van der Waals surface area contributed by atoms with E-state index in [-0.39, 0.29) is 5.97 Å². The summed E-state index contributed by atoms with van der Waals surface area (Å²) >= 11 is 7.71. The predicted octanol–water partition coefficient (Wildman–Crippen LogP) is 3.63. The highest BCUT2D eigenvalue weighted by atomic mass is 35.5. The second-order valence-corrected chi connectivity index (χ2v) is 4.45. The minimum absolute atomic E-state index is 0.360. The summed E-state index contributed by atoms with van der Waals surface area (Å²) in [7, 11) is 0. The highest BCUT2D eigenvalue weighted by Crippen LogP contribution is 2.30. The van der Waals surface area contributed by atoms with E-state index in [1.165, 1.54) is 0 Å². The minimum atomic E-state index is -0.360. The number of hydrogen-bond donors (Lipinski definition) is 0. The molecule has 1 aromatic rings. The van der Waals surface area contributed by atoms with Gasteiger partial charge in [0.2, 0.25) is 0 Å². The Bertz CT molecular complexity index is 352. The molecule has 82 valence electrons. The second-order valence-electron chi connectivity index (χ2n) is 2.77. The Morgan fingerprint density at radius 2 is 2.20 bits per heavy atom. The van der Waals surface area contributed by atoms with Gasteiger partial charge < -0.3 is 4.74 Å². The molecule has 0 aliphatic rings. The molecule has 4 heteroatoms. The number of esters is 1. The molecule has 1 rings (SSSR count). The first-order chi connectivity index (χ1) is 7.20. The lowest BCUT2D eigenvalue weighted by Gasteiger charge is -2.07. The van der Waals surface area contributed by atoms with Crippen LogP contribution in [0, 0.1) is 0 Å². The Balaban J connectivity index is 2.98. The first-order valence-corrected chi connectivity index (χ1v) is 6.15. The third-order valence-corrected chi connectivity index (χ3v) is 3.22. The zero-order valence-electron chi connectivity index (χ0n) is 8.75. The molecule has 0 aromatic heterocycles. The summed E-state index contributed by atoms with van der Waals surface area (Å²) in [5, 5.41) is 0.489. The number of ether oxygens (including phenoxy) is 1. The largest absolute Gasteiger partial charge is 0.462 e. The van der Waals surface area contributed by atoms with Gasteiger partial charge in [0.05, 0.1) is 17.2 Å². The van der Waals surface area contributed by atoms with Crippen molar-refractivity contribution in [3.8, 4) is 0 Å². The molecule has 2 nitrogen and oxygen atoms in total. The van der Waals surface area contributed by atoms with Gasteiger partial charge in [-0.25, -0.2) is 4.79 Å². The van der Waals surface area contributed by atoms with Crippen molar-refractivity contribution in [1.82, 2.24) is 0 Å². The number of hydrogen-bond acceptors (Lipinski definition) is 3. The summed E-state index contributed by atoms with van der Waals surface area (Å²) in [5.74, 6) is 0.562. The van der Waals surface area contributed by atoms with E-state index in [9.17, 15) is 4.79 Å². The third-order valence-electron chi connectivity index (χ3n) is 1.76. The normalized spacial score (nSPS) is 10.1.